The Balaban J connectivity index is 1.60. The zero-order valence-electron chi connectivity index (χ0n) is 14.0. The summed E-state index contributed by atoms with van der Waals surface area (Å²) in [6.45, 7) is 5.31. The number of aryl methyl sites for hydroxylation is 1. The van der Waals surface area contributed by atoms with Crippen LogP contribution in [0.1, 0.15) is 29.8 Å². The van der Waals surface area contributed by atoms with E-state index < -0.39 is 0 Å². The first-order valence-electron chi connectivity index (χ1n) is 8.36. The number of piperidine rings is 1. The van der Waals surface area contributed by atoms with Crippen LogP contribution in [-0.4, -0.2) is 40.0 Å². The molecule has 0 saturated carbocycles. The fourth-order valence-corrected chi connectivity index (χ4v) is 3.31. The van der Waals surface area contributed by atoms with Gasteiger partial charge in [-0.25, -0.2) is 4.98 Å². The van der Waals surface area contributed by atoms with Crippen LogP contribution in [0.4, 0.5) is 5.82 Å². The van der Waals surface area contributed by atoms with Crippen LogP contribution in [0.3, 0.4) is 0 Å². The molecule has 5 nitrogen and oxygen atoms in total. The van der Waals surface area contributed by atoms with E-state index in [4.69, 9.17) is 0 Å². The van der Waals surface area contributed by atoms with Gasteiger partial charge in [0.1, 0.15) is 5.82 Å². The van der Waals surface area contributed by atoms with Crippen LogP contribution in [0.25, 0.3) is 0 Å². The molecular formula is C18H25N5. The average molecular weight is 311 g/mol. The third kappa shape index (κ3) is 4.26. The predicted molar refractivity (Wildman–Crippen MR) is 92.3 cm³/mol. The quantitative estimate of drug-likeness (QED) is 0.920. The maximum atomic E-state index is 4.51. The van der Waals surface area contributed by atoms with Crippen LogP contribution in [0, 0.1) is 12.8 Å². The molecule has 1 aliphatic rings. The molecule has 5 heteroatoms. The van der Waals surface area contributed by atoms with Crippen LogP contribution in [0.15, 0.2) is 30.7 Å². The summed E-state index contributed by atoms with van der Waals surface area (Å²) in [5.74, 6) is 1.55. The van der Waals surface area contributed by atoms with Crippen molar-refractivity contribution in [3.8, 4) is 0 Å². The Kier molecular flexibility index (Phi) is 5.18. The van der Waals surface area contributed by atoms with Gasteiger partial charge < -0.3 is 5.32 Å². The Hall–Kier alpha value is -2.01. The van der Waals surface area contributed by atoms with Gasteiger partial charge in [-0.15, -0.1) is 0 Å². The molecule has 0 aliphatic carbocycles. The average Bonchev–Trinajstić information content (AvgIpc) is 2.58. The minimum absolute atomic E-state index is 0.644. The largest absolute Gasteiger partial charge is 0.372 e. The number of anilines is 1. The monoisotopic (exact) mass is 311 g/mol. The number of nitrogens with zero attached hydrogens (tertiary/aromatic N) is 4. The molecule has 0 bridgehead atoms. The smallest absolute Gasteiger partial charge is 0.147 e. The lowest BCUT2D eigenvalue weighted by Crippen LogP contribution is -2.36. The Morgan fingerprint density at radius 1 is 1.22 bits per heavy atom. The van der Waals surface area contributed by atoms with Crippen LogP contribution < -0.4 is 5.32 Å². The second-order valence-corrected chi connectivity index (χ2v) is 6.36. The normalized spacial score (nSPS) is 18.8. The predicted octanol–water partition coefficient (Wildman–Crippen LogP) is 2.68. The number of hydrogen-bond acceptors (Lipinski definition) is 5. The summed E-state index contributed by atoms with van der Waals surface area (Å²) in [5.41, 5.74) is 3.46. The van der Waals surface area contributed by atoms with Crippen molar-refractivity contribution in [2.75, 3.05) is 25.5 Å². The lowest BCUT2D eigenvalue weighted by molar-refractivity contribution is 0.166. The van der Waals surface area contributed by atoms with Gasteiger partial charge in [-0.3, -0.25) is 14.9 Å². The highest BCUT2D eigenvalue weighted by Crippen LogP contribution is 2.23. The van der Waals surface area contributed by atoms with Crippen LogP contribution in [0.5, 0.6) is 0 Å². The molecule has 0 aromatic carbocycles. The maximum Gasteiger partial charge on any atom is 0.147 e. The summed E-state index contributed by atoms with van der Waals surface area (Å²) in [5, 5.41) is 3.15. The molecule has 2 aromatic heterocycles. The van der Waals surface area contributed by atoms with E-state index in [-0.39, 0.29) is 0 Å². The molecule has 0 spiro atoms. The van der Waals surface area contributed by atoms with E-state index in [1.165, 1.54) is 24.9 Å². The number of likely N-dealkylation sites (tertiary alicyclic amines) is 1. The van der Waals surface area contributed by atoms with Gasteiger partial charge in [-0.2, -0.15) is 0 Å². The summed E-state index contributed by atoms with van der Waals surface area (Å²) in [6.07, 6.45) is 9.04. The van der Waals surface area contributed by atoms with E-state index in [0.29, 0.717) is 5.92 Å². The zero-order chi connectivity index (χ0) is 16.1. The Bertz CT molecular complexity index is 626. The molecule has 122 valence electrons. The molecule has 3 heterocycles. The number of rotatable bonds is 5. The van der Waals surface area contributed by atoms with Crippen LogP contribution >= 0.6 is 0 Å². The molecule has 2 aromatic rings. The first-order chi connectivity index (χ1) is 11.2. The summed E-state index contributed by atoms with van der Waals surface area (Å²) in [7, 11) is 1.91. The second-order valence-electron chi connectivity index (χ2n) is 6.36. The van der Waals surface area contributed by atoms with Crippen LogP contribution in [0.2, 0.25) is 0 Å². The number of aromatic nitrogens is 3. The van der Waals surface area contributed by atoms with Crippen molar-refractivity contribution in [2.24, 2.45) is 5.92 Å². The van der Waals surface area contributed by atoms with E-state index in [1.54, 1.807) is 12.4 Å². The molecule has 23 heavy (non-hydrogen) atoms. The number of nitrogens with one attached hydrogen (secondary N) is 1. The topological polar surface area (TPSA) is 53.9 Å². The van der Waals surface area contributed by atoms with Gasteiger partial charge in [0.05, 0.1) is 5.69 Å². The third-order valence-corrected chi connectivity index (χ3v) is 4.47. The molecule has 1 N–H and O–H groups in total. The first-order valence-corrected chi connectivity index (χ1v) is 8.36. The Morgan fingerprint density at radius 3 is 2.87 bits per heavy atom. The highest BCUT2D eigenvalue weighted by molar-refractivity contribution is 5.38. The lowest BCUT2D eigenvalue weighted by Gasteiger charge is -2.32. The van der Waals surface area contributed by atoms with Gasteiger partial charge in [0, 0.05) is 44.4 Å². The molecule has 3 rings (SSSR count). The van der Waals surface area contributed by atoms with Gasteiger partial charge in [0.2, 0.25) is 0 Å². The SMILES string of the molecule is CNc1nccnc1C[C@H]1CCCN(Cc2ccc(C)nc2)C1. The van der Waals surface area contributed by atoms with Gasteiger partial charge in [-0.05, 0) is 50.3 Å². The van der Waals surface area contributed by atoms with Crippen molar-refractivity contribution >= 4 is 5.82 Å². The first kappa shape index (κ1) is 15.9. The minimum atomic E-state index is 0.644. The van der Waals surface area contributed by atoms with Crippen LogP contribution in [-0.2, 0) is 13.0 Å². The van der Waals surface area contributed by atoms with Crippen molar-refractivity contribution in [1.82, 2.24) is 19.9 Å². The van der Waals surface area contributed by atoms with Crippen molar-refractivity contribution < 1.29 is 0 Å². The minimum Gasteiger partial charge on any atom is -0.372 e. The van der Waals surface area contributed by atoms with E-state index in [1.807, 2.05) is 20.2 Å². The Labute approximate surface area is 138 Å². The fraction of sp³-hybridized carbons (Fsp3) is 0.500. The fourth-order valence-electron chi connectivity index (χ4n) is 3.31. The molecule has 1 saturated heterocycles. The van der Waals surface area contributed by atoms with Gasteiger partial charge in [0.15, 0.2) is 0 Å². The molecule has 0 radical (unpaired) electrons. The summed E-state index contributed by atoms with van der Waals surface area (Å²) in [6, 6.07) is 4.28. The van der Waals surface area contributed by atoms with E-state index in [9.17, 15) is 0 Å². The zero-order valence-corrected chi connectivity index (χ0v) is 14.0. The molecule has 1 fully saturated rings. The lowest BCUT2D eigenvalue weighted by atomic mass is 9.93. The van der Waals surface area contributed by atoms with Gasteiger partial charge in [-0.1, -0.05) is 6.07 Å². The summed E-state index contributed by atoms with van der Waals surface area (Å²) < 4.78 is 0. The molecular weight excluding hydrogens is 286 g/mol. The highest BCUT2D eigenvalue weighted by atomic mass is 15.1. The summed E-state index contributed by atoms with van der Waals surface area (Å²) in [4.78, 5) is 15.8. The van der Waals surface area contributed by atoms with Gasteiger partial charge in [0.25, 0.3) is 0 Å². The molecule has 0 unspecified atom stereocenters. The van der Waals surface area contributed by atoms with Crippen molar-refractivity contribution in [3.05, 3.63) is 47.7 Å². The molecule has 1 atom stereocenters. The standard InChI is InChI=1S/C18H25N5/c1-14-5-6-16(11-22-14)13-23-9-3-4-15(12-23)10-17-18(19-2)21-8-7-20-17/h5-8,11,15H,3-4,9-10,12-13H2,1-2H3,(H,19,21)/t15-/m1/s1. The molecule has 1 aliphatic heterocycles. The van der Waals surface area contributed by atoms with E-state index in [2.05, 4.69) is 37.3 Å². The highest BCUT2D eigenvalue weighted by Gasteiger charge is 2.22. The second kappa shape index (κ2) is 7.51. The van der Waals surface area contributed by atoms with Crippen molar-refractivity contribution in [2.45, 2.75) is 32.7 Å². The number of pyridine rings is 1. The van der Waals surface area contributed by atoms with E-state index in [0.717, 1.165) is 36.7 Å². The molecule has 0 amide bonds. The number of hydrogen-bond donors (Lipinski definition) is 1. The summed E-state index contributed by atoms with van der Waals surface area (Å²) >= 11 is 0. The van der Waals surface area contributed by atoms with Crippen molar-refractivity contribution in [1.29, 1.82) is 0 Å². The van der Waals surface area contributed by atoms with E-state index >= 15 is 0 Å². The van der Waals surface area contributed by atoms with Gasteiger partial charge >= 0.3 is 0 Å². The third-order valence-electron chi connectivity index (χ3n) is 4.47. The Morgan fingerprint density at radius 2 is 2.09 bits per heavy atom. The van der Waals surface area contributed by atoms with Crippen molar-refractivity contribution in [3.63, 3.8) is 0 Å². The maximum absolute atomic E-state index is 4.51.